The van der Waals surface area contributed by atoms with Gasteiger partial charge in [0, 0.05) is 13.1 Å². The Kier molecular flexibility index (Phi) is 9.38. The van der Waals surface area contributed by atoms with Gasteiger partial charge >= 0.3 is 0 Å². The van der Waals surface area contributed by atoms with Crippen LogP contribution in [0.1, 0.15) is 43.4 Å². The van der Waals surface area contributed by atoms with Gasteiger partial charge in [-0.15, -0.1) is 0 Å². The summed E-state index contributed by atoms with van der Waals surface area (Å²) < 4.78 is 11.0. The van der Waals surface area contributed by atoms with Crippen LogP contribution in [0, 0.1) is 13.8 Å². The van der Waals surface area contributed by atoms with E-state index in [1.54, 1.807) is 12.0 Å². The summed E-state index contributed by atoms with van der Waals surface area (Å²) in [5, 5.41) is 2.92. The van der Waals surface area contributed by atoms with Crippen LogP contribution in [0.5, 0.6) is 11.5 Å². The lowest BCUT2D eigenvalue weighted by Gasteiger charge is -2.30. The van der Waals surface area contributed by atoms with Gasteiger partial charge < -0.3 is 19.7 Å². The van der Waals surface area contributed by atoms with Gasteiger partial charge in [0.1, 0.15) is 17.5 Å². The quantitative estimate of drug-likeness (QED) is 0.589. The first-order valence-corrected chi connectivity index (χ1v) is 10.8. The Labute approximate surface area is 185 Å². The van der Waals surface area contributed by atoms with Crippen LogP contribution in [0.15, 0.2) is 42.5 Å². The standard InChI is InChI=1S/C25H34N2O4/c1-6-12-26-25(29)23(7-2)27(16-20-8-10-21(30-5)11-9-20)24(28)17-31-22-14-18(3)13-19(4)15-22/h8-11,13-15,23H,6-7,12,16-17H2,1-5H3,(H,26,29)/t23-/m1/s1. The Balaban J connectivity index is 2.20. The van der Waals surface area contributed by atoms with E-state index in [2.05, 4.69) is 11.4 Å². The maximum Gasteiger partial charge on any atom is 0.261 e. The van der Waals surface area contributed by atoms with Crippen LogP contribution in [0.4, 0.5) is 0 Å². The van der Waals surface area contributed by atoms with Crippen molar-refractivity contribution in [3.05, 3.63) is 59.2 Å². The number of nitrogens with zero attached hydrogens (tertiary/aromatic N) is 1. The number of amides is 2. The molecule has 1 N–H and O–H groups in total. The fourth-order valence-electron chi connectivity index (χ4n) is 3.46. The van der Waals surface area contributed by atoms with Gasteiger partial charge in [0.25, 0.3) is 5.91 Å². The van der Waals surface area contributed by atoms with Crippen molar-refractivity contribution >= 4 is 11.8 Å². The van der Waals surface area contributed by atoms with Crippen LogP contribution >= 0.6 is 0 Å². The normalized spacial score (nSPS) is 11.5. The summed E-state index contributed by atoms with van der Waals surface area (Å²) in [6, 6.07) is 12.8. The highest BCUT2D eigenvalue weighted by atomic mass is 16.5. The van der Waals surface area contributed by atoms with Gasteiger partial charge in [-0.1, -0.05) is 32.0 Å². The Morgan fingerprint density at radius 2 is 1.65 bits per heavy atom. The number of aryl methyl sites for hydroxylation is 2. The Bertz CT molecular complexity index is 844. The van der Waals surface area contributed by atoms with Crippen LogP contribution in [0.25, 0.3) is 0 Å². The second-order valence-corrected chi connectivity index (χ2v) is 7.70. The molecule has 2 amide bonds. The highest BCUT2D eigenvalue weighted by molar-refractivity contribution is 5.88. The van der Waals surface area contributed by atoms with E-state index in [-0.39, 0.29) is 18.4 Å². The van der Waals surface area contributed by atoms with E-state index in [9.17, 15) is 9.59 Å². The number of carbonyl (C=O) groups is 2. The molecule has 0 unspecified atom stereocenters. The zero-order valence-corrected chi connectivity index (χ0v) is 19.2. The number of hydrogen-bond acceptors (Lipinski definition) is 4. The van der Waals surface area contributed by atoms with Crippen molar-refractivity contribution in [2.75, 3.05) is 20.3 Å². The van der Waals surface area contributed by atoms with Crippen LogP contribution in [0.2, 0.25) is 0 Å². The topological polar surface area (TPSA) is 67.9 Å². The average Bonchev–Trinajstić information content (AvgIpc) is 2.75. The molecule has 6 nitrogen and oxygen atoms in total. The zero-order chi connectivity index (χ0) is 22.8. The van der Waals surface area contributed by atoms with Crippen LogP contribution < -0.4 is 14.8 Å². The molecule has 6 heteroatoms. The van der Waals surface area contributed by atoms with Crippen LogP contribution in [0.3, 0.4) is 0 Å². The Hall–Kier alpha value is -3.02. The molecule has 2 aromatic rings. The summed E-state index contributed by atoms with van der Waals surface area (Å²) in [5.74, 6) is 1.03. The molecule has 0 radical (unpaired) electrons. The fourth-order valence-corrected chi connectivity index (χ4v) is 3.46. The predicted molar refractivity (Wildman–Crippen MR) is 122 cm³/mol. The third kappa shape index (κ3) is 7.31. The first-order chi connectivity index (χ1) is 14.9. The molecule has 0 fully saturated rings. The lowest BCUT2D eigenvalue weighted by molar-refractivity contribution is -0.143. The molecule has 0 aliphatic heterocycles. The van der Waals surface area contributed by atoms with Gasteiger partial charge in [0.2, 0.25) is 5.91 Å². The van der Waals surface area contributed by atoms with Crippen molar-refractivity contribution in [2.45, 2.75) is 53.1 Å². The largest absolute Gasteiger partial charge is 0.497 e. The molecule has 0 aliphatic rings. The third-order valence-electron chi connectivity index (χ3n) is 5.00. The zero-order valence-electron chi connectivity index (χ0n) is 19.2. The molecule has 0 aliphatic carbocycles. The second-order valence-electron chi connectivity index (χ2n) is 7.70. The smallest absolute Gasteiger partial charge is 0.261 e. The number of hydrogen-bond donors (Lipinski definition) is 1. The van der Waals surface area contributed by atoms with Gasteiger partial charge in [-0.25, -0.2) is 0 Å². The molecule has 2 rings (SSSR count). The SMILES string of the molecule is CCCNC(=O)[C@@H](CC)N(Cc1ccc(OC)cc1)C(=O)COc1cc(C)cc(C)c1. The number of ether oxygens (including phenoxy) is 2. The van der Waals surface area contributed by atoms with Crippen molar-refractivity contribution in [1.29, 1.82) is 0 Å². The lowest BCUT2D eigenvalue weighted by atomic mass is 10.1. The maximum atomic E-state index is 13.2. The summed E-state index contributed by atoms with van der Waals surface area (Å²) in [7, 11) is 1.61. The monoisotopic (exact) mass is 426 g/mol. The van der Waals surface area contributed by atoms with E-state index < -0.39 is 6.04 Å². The first-order valence-electron chi connectivity index (χ1n) is 10.8. The highest BCUT2D eigenvalue weighted by Crippen LogP contribution is 2.19. The van der Waals surface area contributed by atoms with Crippen molar-refractivity contribution in [2.24, 2.45) is 0 Å². The third-order valence-corrected chi connectivity index (χ3v) is 5.00. The van der Waals surface area contributed by atoms with Gasteiger partial charge in [-0.05, 0) is 67.6 Å². The number of carbonyl (C=O) groups excluding carboxylic acids is 2. The van der Waals surface area contributed by atoms with E-state index in [0.29, 0.717) is 25.3 Å². The van der Waals surface area contributed by atoms with E-state index in [4.69, 9.17) is 9.47 Å². The molecule has 0 spiro atoms. The molecule has 0 aromatic heterocycles. The molecule has 2 aromatic carbocycles. The second kappa shape index (κ2) is 12.0. The average molecular weight is 427 g/mol. The number of rotatable bonds is 11. The first kappa shape index (κ1) is 24.3. The predicted octanol–water partition coefficient (Wildman–Crippen LogP) is 4.02. The highest BCUT2D eigenvalue weighted by Gasteiger charge is 2.28. The van der Waals surface area contributed by atoms with Crippen molar-refractivity contribution in [3.63, 3.8) is 0 Å². The summed E-state index contributed by atoms with van der Waals surface area (Å²) in [6.45, 7) is 8.66. The molecule has 0 saturated heterocycles. The number of benzene rings is 2. The number of nitrogens with one attached hydrogen (secondary N) is 1. The molecular formula is C25H34N2O4. The maximum absolute atomic E-state index is 13.2. The van der Waals surface area contributed by atoms with Gasteiger partial charge in [0.05, 0.1) is 7.11 Å². The molecule has 1 atom stereocenters. The Morgan fingerprint density at radius 3 is 2.19 bits per heavy atom. The van der Waals surface area contributed by atoms with E-state index in [0.717, 1.165) is 28.9 Å². The summed E-state index contributed by atoms with van der Waals surface area (Å²) in [5.41, 5.74) is 3.06. The summed E-state index contributed by atoms with van der Waals surface area (Å²) in [6.07, 6.45) is 1.35. The molecule has 168 valence electrons. The van der Waals surface area contributed by atoms with Crippen LogP contribution in [-0.4, -0.2) is 43.0 Å². The van der Waals surface area contributed by atoms with Gasteiger partial charge in [0.15, 0.2) is 6.61 Å². The van der Waals surface area contributed by atoms with Gasteiger partial charge in [-0.2, -0.15) is 0 Å². The summed E-state index contributed by atoms with van der Waals surface area (Å²) >= 11 is 0. The fraction of sp³-hybridized carbons (Fsp3) is 0.440. The molecule has 31 heavy (non-hydrogen) atoms. The minimum atomic E-state index is -0.566. The minimum absolute atomic E-state index is 0.128. The minimum Gasteiger partial charge on any atom is -0.497 e. The van der Waals surface area contributed by atoms with Gasteiger partial charge in [-0.3, -0.25) is 9.59 Å². The van der Waals surface area contributed by atoms with E-state index >= 15 is 0 Å². The Morgan fingerprint density at radius 1 is 1.00 bits per heavy atom. The number of methoxy groups -OCH3 is 1. The van der Waals surface area contributed by atoms with Crippen molar-refractivity contribution < 1.29 is 19.1 Å². The van der Waals surface area contributed by atoms with E-state index in [1.165, 1.54) is 0 Å². The molecule has 0 bridgehead atoms. The lowest BCUT2D eigenvalue weighted by Crippen LogP contribution is -2.50. The molecule has 0 saturated carbocycles. The molecule has 0 heterocycles. The van der Waals surface area contributed by atoms with Crippen molar-refractivity contribution in [1.82, 2.24) is 10.2 Å². The molecular weight excluding hydrogens is 392 g/mol. The summed E-state index contributed by atoms with van der Waals surface area (Å²) in [4.78, 5) is 27.6. The van der Waals surface area contributed by atoms with Crippen LogP contribution in [-0.2, 0) is 16.1 Å². The van der Waals surface area contributed by atoms with E-state index in [1.807, 2.05) is 64.1 Å². The van der Waals surface area contributed by atoms with Crippen molar-refractivity contribution in [3.8, 4) is 11.5 Å².